The number of unbranched alkanes of at least 4 members (excludes halogenated alkanes) is 7. The summed E-state index contributed by atoms with van der Waals surface area (Å²) in [4.78, 5) is 3.12. The molecule has 1 rings (SSSR count). The fourth-order valence-corrected chi connectivity index (χ4v) is 2.72. The molecule has 0 saturated carbocycles. The van der Waals surface area contributed by atoms with Crippen LogP contribution in [0.25, 0.3) is 0 Å². The molecule has 0 aromatic carbocycles. The van der Waals surface area contributed by atoms with E-state index in [1.807, 2.05) is 12.5 Å². The summed E-state index contributed by atoms with van der Waals surface area (Å²) in [6.45, 7) is 2.26. The third kappa shape index (κ3) is 7.33. The summed E-state index contributed by atoms with van der Waals surface area (Å²) in [6.07, 6.45) is 19.7. The van der Waals surface area contributed by atoms with Crippen LogP contribution in [0.3, 0.4) is 0 Å². The highest BCUT2D eigenvalue weighted by Crippen LogP contribution is 2.17. The zero-order chi connectivity index (χ0) is 14.5. The van der Waals surface area contributed by atoms with E-state index >= 15 is 0 Å². The molecule has 3 nitrogen and oxygen atoms in total. The number of aromatic nitrogens is 2. The topological polar surface area (TPSA) is 43.5 Å². The Morgan fingerprint density at radius 2 is 1.75 bits per heavy atom. The summed E-state index contributed by atoms with van der Waals surface area (Å²) in [6, 6.07) is 2.81. The quantitative estimate of drug-likeness (QED) is 0.437. The van der Waals surface area contributed by atoms with Gasteiger partial charge >= 0.3 is 0 Å². The van der Waals surface area contributed by atoms with E-state index in [0.717, 1.165) is 12.8 Å². The molecule has 3 heteroatoms. The van der Waals surface area contributed by atoms with Crippen LogP contribution in [0.1, 0.15) is 83.6 Å². The Morgan fingerprint density at radius 1 is 1.05 bits per heavy atom. The number of nitriles is 1. The zero-order valence-electron chi connectivity index (χ0n) is 13.0. The summed E-state index contributed by atoms with van der Waals surface area (Å²) >= 11 is 0. The van der Waals surface area contributed by atoms with Gasteiger partial charge in [0.2, 0.25) is 6.33 Å². The lowest BCUT2D eigenvalue weighted by molar-refractivity contribution is -0.723. The first-order valence-corrected chi connectivity index (χ1v) is 8.29. The minimum atomic E-state index is 0.560. The van der Waals surface area contributed by atoms with Gasteiger partial charge in [-0.25, -0.2) is 4.57 Å². The smallest absolute Gasteiger partial charge is 0.241 e. The maximum absolute atomic E-state index is 8.66. The molecule has 1 N–H and O–H groups in total. The highest BCUT2D eigenvalue weighted by molar-refractivity contribution is 4.69. The Balaban J connectivity index is 2.18. The molecular weight excluding hydrogens is 246 g/mol. The first-order valence-electron chi connectivity index (χ1n) is 8.29. The van der Waals surface area contributed by atoms with Crippen LogP contribution in [-0.2, 0) is 0 Å². The second kappa shape index (κ2) is 11.5. The van der Waals surface area contributed by atoms with Gasteiger partial charge in [-0.1, -0.05) is 45.4 Å². The third-order valence-electron chi connectivity index (χ3n) is 3.95. The predicted octanol–water partition coefficient (Wildman–Crippen LogP) is 4.68. The number of aromatic amines is 1. The Kier molecular flexibility index (Phi) is 9.65. The van der Waals surface area contributed by atoms with E-state index in [-0.39, 0.29) is 0 Å². The largest absolute Gasteiger partial charge is 0.250 e. The normalized spacial score (nSPS) is 12.2. The molecule has 0 fully saturated rings. The van der Waals surface area contributed by atoms with Crippen molar-refractivity contribution < 1.29 is 4.57 Å². The minimum absolute atomic E-state index is 0.560. The van der Waals surface area contributed by atoms with Crippen molar-refractivity contribution in [2.75, 3.05) is 0 Å². The second-order valence-electron chi connectivity index (χ2n) is 5.67. The van der Waals surface area contributed by atoms with Gasteiger partial charge in [-0.05, 0) is 25.7 Å². The maximum atomic E-state index is 8.66. The number of nitrogens with one attached hydrogen (secondary N) is 1. The Labute approximate surface area is 124 Å². The van der Waals surface area contributed by atoms with Crippen molar-refractivity contribution in [2.24, 2.45) is 0 Å². The van der Waals surface area contributed by atoms with Gasteiger partial charge in [0.25, 0.3) is 0 Å². The highest BCUT2D eigenvalue weighted by atomic mass is 15.0. The summed E-state index contributed by atoms with van der Waals surface area (Å²) in [7, 11) is 0. The van der Waals surface area contributed by atoms with E-state index in [1.165, 1.54) is 51.4 Å². The molecule has 112 valence electrons. The molecule has 0 aliphatic carbocycles. The molecule has 0 spiro atoms. The molecule has 0 radical (unpaired) electrons. The van der Waals surface area contributed by atoms with Crippen molar-refractivity contribution in [3.8, 4) is 6.07 Å². The lowest BCUT2D eigenvalue weighted by Gasteiger charge is -2.13. The SMILES string of the molecule is CCCCCCCCCC(CCCC#N)[n+]1cc[nH]c1. The molecular formula is C17H30N3+. The highest BCUT2D eigenvalue weighted by Gasteiger charge is 2.14. The molecule has 20 heavy (non-hydrogen) atoms. The summed E-state index contributed by atoms with van der Waals surface area (Å²) in [5, 5.41) is 8.66. The predicted molar refractivity (Wildman–Crippen MR) is 82.1 cm³/mol. The molecule has 1 aromatic heterocycles. The molecule has 0 aliphatic rings. The van der Waals surface area contributed by atoms with Crippen LogP contribution in [0.15, 0.2) is 18.7 Å². The van der Waals surface area contributed by atoms with Crippen LogP contribution in [-0.4, -0.2) is 4.98 Å². The minimum Gasteiger partial charge on any atom is -0.250 e. The van der Waals surface area contributed by atoms with Gasteiger partial charge in [0, 0.05) is 6.42 Å². The van der Waals surface area contributed by atoms with Gasteiger partial charge in [-0.2, -0.15) is 5.26 Å². The van der Waals surface area contributed by atoms with Crippen molar-refractivity contribution in [1.82, 2.24) is 4.98 Å². The van der Waals surface area contributed by atoms with Crippen LogP contribution in [0.4, 0.5) is 0 Å². The van der Waals surface area contributed by atoms with Gasteiger partial charge in [-0.3, -0.25) is 4.98 Å². The summed E-state index contributed by atoms with van der Waals surface area (Å²) in [5.41, 5.74) is 0. The first kappa shape index (κ1) is 16.8. The zero-order valence-corrected chi connectivity index (χ0v) is 13.0. The van der Waals surface area contributed by atoms with Crippen LogP contribution in [0, 0.1) is 11.3 Å². The third-order valence-corrected chi connectivity index (χ3v) is 3.95. The van der Waals surface area contributed by atoms with Crippen LogP contribution >= 0.6 is 0 Å². The van der Waals surface area contributed by atoms with Crippen molar-refractivity contribution in [3.63, 3.8) is 0 Å². The van der Waals surface area contributed by atoms with E-state index < -0.39 is 0 Å². The van der Waals surface area contributed by atoms with Crippen LogP contribution < -0.4 is 4.57 Å². The Morgan fingerprint density at radius 3 is 2.40 bits per heavy atom. The van der Waals surface area contributed by atoms with Crippen molar-refractivity contribution in [3.05, 3.63) is 18.7 Å². The number of hydrogen-bond acceptors (Lipinski definition) is 1. The standard InChI is InChI=1S/C17H29N3/c1-2-3-4-5-6-7-8-11-17(12-9-10-13-18)20-15-14-19-16-20/h14-17H,2-12H2,1H3/p+1. The van der Waals surface area contributed by atoms with Gasteiger partial charge in [-0.15, -0.1) is 0 Å². The average Bonchev–Trinajstić information content (AvgIpc) is 2.98. The van der Waals surface area contributed by atoms with Crippen molar-refractivity contribution in [1.29, 1.82) is 5.26 Å². The lowest BCUT2D eigenvalue weighted by Crippen LogP contribution is -2.37. The number of H-pyrrole nitrogens is 1. The first-order chi connectivity index (χ1) is 9.88. The lowest BCUT2D eigenvalue weighted by atomic mass is 10.0. The molecule has 1 aromatic rings. The number of rotatable bonds is 12. The Bertz CT molecular complexity index is 351. The van der Waals surface area contributed by atoms with E-state index in [0.29, 0.717) is 12.5 Å². The Hall–Kier alpha value is -1.30. The van der Waals surface area contributed by atoms with Gasteiger partial charge in [0.15, 0.2) is 0 Å². The monoisotopic (exact) mass is 276 g/mol. The molecule has 0 aliphatic heterocycles. The second-order valence-corrected chi connectivity index (χ2v) is 5.67. The van der Waals surface area contributed by atoms with Crippen LogP contribution in [0.2, 0.25) is 0 Å². The fourth-order valence-electron chi connectivity index (χ4n) is 2.72. The van der Waals surface area contributed by atoms with Gasteiger partial charge < -0.3 is 0 Å². The average molecular weight is 276 g/mol. The molecule has 0 amide bonds. The van der Waals surface area contributed by atoms with Crippen LogP contribution in [0.5, 0.6) is 0 Å². The van der Waals surface area contributed by atoms with Gasteiger partial charge in [0.1, 0.15) is 18.4 Å². The molecule has 1 heterocycles. The van der Waals surface area contributed by atoms with Gasteiger partial charge in [0.05, 0.1) is 6.07 Å². The maximum Gasteiger partial charge on any atom is 0.241 e. The van der Waals surface area contributed by atoms with Crippen molar-refractivity contribution in [2.45, 2.75) is 83.6 Å². The molecule has 1 unspecified atom stereocenters. The number of imidazole rings is 1. The van der Waals surface area contributed by atoms with E-state index in [2.05, 4.69) is 28.7 Å². The summed E-state index contributed by atoms with van der Waals surface area (Å²) in [5.74, 6) is 0. The summed E-state index contributed by atoms with van der Waals surface area (Å²) < 4.78 is 2.27. The fraction of sp³-hybridized carbons (Fsp3) is 0.765. The number of nitrogens with zero attached hydrogens (tertiary/aromatic N) is 2. The molecule has 0 bridgehead atoms. The van der Waals surface area contributed by atoms with Crippen molar-refractivity contribution >= 4 is 0 Å². The number of hydrogen-bond donors (Lipinski definition) is 1. The molecule has 1 atom stereocenters. The molecule has 0 saturated heterocycles. The van der Waals surface area contributed by atoms with E-state index in [9.17, 15) is 0 Å². The van der Waals surface area contributed by atoms with E-state index in [1.54, 1.807) is 0 Å². The van der Waals surface area contributed by atoms with E-state index in [4.69, 9.17) is 5.26 Å².